The van der Waals surface area contributed by atoms with Gasteiger partial charge >= 0.3 is 5.97 Å². The molecule has 4 rings (SSSR count). The second-order valence-corrected chi connectivity index (χ2v) is 10.1. The first-order valence-electron chi connectivity index (χ1n) is 13.2. The predicted molar refractivity (Wildman–Crippen MR) is 137 cm³/mol. The highest BCUT2D eigenvalue weighted by Crippen LogP contribution is 2.38. The van der Waals surface area contributed by atoms with E-state index in [0.717, 1.165) is 43.1 Å². The maximum absolute atomic E-state index is 12.1. The van der Waals surface area contributed by atoms with Gasteiger partial charge in [-0.05, 0) is 91.4 Å². The smallest absolute Gasteiger partial charge is 0.333 e. The second-order valence-electron chi connectivity index (χ2n) is 10.1. The quantitative estimate of drug-likeness (QED) is 0.381. The van der Waals surface area contributed by atoms with Crippen molar-refractivity contribution in [2.75, 3.05) is 6.61 Å². The lowest BCUT2D eigenvalue weighted by Crippen LogP contribution is -2.13. The Labute approximate surface area is 200 Å². The molecule has 1 unspecified atom stereocenters. The number of benzene rings is 2. The number of esters is 1. The number of hydrogen-bond donors (Lipinski definition) is 0. The summed E-state index contributed by atoms with van der Waals surface area (Å²) in [5.74, 6) is 2.08. The van der Waals surface area contributed by atoms with Gasteiger partial charge in [-0.15, -0.1) is 0 Å². The van der Waals surface area contributed by atoms with Gasteiger partial charge in [0, 0.05) is 5.57 Å². The Kier molecular flexibility index (Phi) is 8.42. The van der Waals surface area contributed by atoms with E-state index < -0.39 is 0 Å². The van der Waals surface area contributed by atoms with Gasteiger partial charge in [0.25, 0.3) is 0 Å². The van der Waals surface area contributed by atoms with Gasteiger partial charge in [-0.25, -0.2) is 4.79 Å². The topological polar surface area (TPSA) is 26.3 Å². The number of carbonyl (C=O) groups excluding carboxylic acids is 1. The summed E-state index contributed by atoms with van der Waals surface area (Å²) in [5, 5.41) is 0. The van der Waals surface area contributed by atoms with Crippen LogP contribution in [0.4, 0.5) is 0 Å². The van der Waals surface area contributed by atoms with E-state index in [1.54, 1.807) is 0 Å². The summed E-state index contributed by atoms with van der Waals surface area (Å²) in [4.78, 5) is 12.1. The van der Waals surface area contributed by atoms with E-state index in [0.29, 0.717) is 12.5 Å². The van der Waals surface area contributed by atoms with Crippen LogP contribution in [0, 0.1) is 5.92 Å². The Morgan fingerprint density at radius 1 is 0.788 bits per heavy atom. The first-order chi connectivity index (χ1) is 16.2. The fourth-order valence-corrected chi connectivity index (χ4v) is 5.70. The van der Waals surface area contributed by atoms with Crippen molar-refractivity contribution in [2.24, 2.45) is 5.92 Å². The number of carbonyl (C=O) groups is 1. The van der Waals surface area contributed by atoms with E-state index in [1.165, 1.54) is 60.8 Å². The number of allylic oxidation sites excluding steroid dienone is 1. The zero-order chi connectivity index (χ0) is 23.0. The molecule has 2 nitrogen and oxygen atoms in total. The Morgan fingerprint density at radius 3 is 1.91 bits per heavy atom. The lowest BCUT2D eigenvalue weighted by molar-refractivity contribution is -0.139. The van der Waals surface area contributed by atoms with E-state index in [9.17, 15) is 4.79 Å². The molecule has 2 aliphatic rings. The fourth-order valence-electron chi connectivity index (χ4n) is 5.70. The van der Waals surface area contributed by atoms with Gasteiger partial charge in [0.1, 0.15) is 0 Å². The fraction of sp³-hybridized carbons (Fsp3) is 0.516. The first-order valence-corrected chi connectivity index (χ1v) is 13.2. The molecule has 0 bridgehead atoms. The molecule has 1 fully saturated rings. The summed E-state index contributed by atoms with van der Waals surface area (Å²) in [6, 6.07) is 18.4. The maximum atomic E-state index is 12.1. The van der Waals surface area contributed by atoms with Gasteiger partial charge in [-0.2, -0.15) is 0 Å². The minimum Gasteiger partial charge on any atom is -0.462 e. The summed E-state index contributed by atoms with van der Waals surface area (Å²) in [6.07, 6.45) is 14.0. The highest BCUT2D eigenvalue weighted by Gasteiger charge is 2.22. The summed E-state index contributed by atoms with van der Waals surface area (Å²) < 4.78 is 5.29. The maximum Gasteiger partial charge on any atom is 0.333 e. The molecule has 2 aromatic carbocycles. The van der Waals surface area contributed by atoms with Gasteiger partial charge in [0.2, 0.25) is 0 Å². The zero-order valence-corrected chi connectivity index (χ0v) is 20.5. The molecular weight excluding hydrogens is 404 g/mol. The van der Waals surface area contributed by atoms with Crippen LogP contribution in [0.1, 0.15) is 101 Å². The number of hydrogen-bond acceptors (Lipinski definition) is 2. The molecule has 0 amide bonds. The van der Waals surface area contributed by atoms with E-state index in [1.807, 2.05) is 6.92 Å². The van der Waals surface area contributed by atoms with Crippen molar-refractivity contribution in [1.29, 1.82) is 0 Å². The third-order valence-electron chi connectivity index (χ3n) is 7.75. The van der Waals surface area contributed by atoms with Gasteiger partial charge in [-0.3, -0.25) is 0 Å². The van der Waals surface area contributed by atoms with Crippen molar-refractivity contribution in [3.05, 3.63) is 71.3 Å². The van der Waals surface area contributed by atoms with E-state index in [2.05, 4.69) is 61.5 Å². The molecule has 0 radical (unpaired) electrons. The molecule has 0 N–H and O–H groups in total. The number of rotatable bonds is 8. The van der Waals surface area contributed by atoms with Crippen molar-refractivity contribution >= 4 is 5.97 Å². The average molecular weight is 445 g/mol. The summed E-state index contributed by atoms with van der Waals surface area (Å²) >= 11 is 0. The summed E-state index contributed by atoms with van der Waals surface area (Å²) in [6.45, 7) is 4.85. The highest BCUT2D eigenvalue weighted by atomic mass is 16.5. The molecule has 1 saturated carbocycles. The molecule has 2 aliphatic carbocycles. The molecule has 2 heteroatoms. The van der Waals surface area contributed by atoms with Crippen molar-refractivity contribution in [2.45, 2.75) is 89.9 Å². The van der Waals surface area contributed by atoms with Crippen LogP contribution in [0.2, 0.25) is 0 Å². The molecule has 33 heavy (non-hydrogen) atoms. The molecule has 0 aromatic heterocycles. The van der Waals surface area contributed by atoms with Crippen LogP contribution in [0.15, 0.2) is 60.2 Å². The van der Waals surface area contributed by atoms with Crippen molar-refractivity contribution in [1.82, 2.24) is 0 Å². The van der Waals surface area contributed by atoms with Crippen LogP contribution in [0.5, 0.6) is 0 Å². The van der Waals surface area contributed by atoms with Gasteiger partial charge in [0.05, 0.1) is 6.61 Å². The molecular formula is C31H40O2. The lowest BCUT2D eigenvalue weighted by atomic mass is 9.77. The average Bonchev–Trinajstić information content (AvgIpc) is 2.88. The van der Waals surface area contributed by atoms with Crippen LogP contribution < -0.4 is 0 Å². The van der Waals surface area contributed by atoms with Gasteiger partial charge < -0.3 is 4.74 Å². The van der Waals surface area contributed by atoms with Crippen LogP contribution in [-0.4, -0.2) is 12.6 Å². The van der Waals surface area contributed by atoms with Crippen molar-refractivity contribution in [3.63, 3.8) is 0 Å². The highest BCUT2D eigenvalue weighted by molar-refractivity contribution is 5.88. The third kappa shape index (κ3) is 6.16. The third-order valence-corrected chi connectivity index (χ3v) is 7.75. The Morgan fingerprint density at radius 2 is 1.39 bits per heavy atom. The largest absolute Gasteiger partial charge is 0.462 e. The summed E-state index contributed by atoms with van der Waals surface area (Å²) in [7, 11) is 0. The molecule has 0 heterocycles. The van der Waals surface area contributed by atoms with E-state index >= 15 is 0 Å². The standard InChI is InChI=1S/C31H40O2/c1-3-5-23-6-8-24(9-7-23)25-10-12-26(13-11-25)27-14-16-28(17-15-27)29-18-20-30(21-19-29)31(32)33-22-4-2/h10-17,20,23-24,29H,3-9,18-19,21-22H2,1-2H3/t23-,24-,29?. The first kappa shape index (κ1) is 23.8. The Hall–Kier alpha value is -2.35. The van der Waals surface area contributed by atoms with E-state index in [-0.39, 0.29) is 5.97 Å². The molecule has 0 saturated heterocycles. The van der Waals surface area contributed by atoms with E-state index in [4.69, 9.17) is 4.74 Å². The Bertz CT molecular complexity index is 914. The Balaban J connectivity index is 1.33. The molecule has 1 atom stereocenters. The monoisotopic (exact) mass is 444 g/mol. The van der Waals surface area contributed by atoms with Gasteiger partial charge in [0.15, 0.2) is 0 Å². The second kappa shape index (κ2) is 11.7. The predicted octanol–water partition coefficient (Wildman–Crippen LogP) is 8.57. The van der Waals surface area contributed by atoms with Crippen LogP contribution in [-0.2, 0) is 9.53 Å². The minimum atomic E-state index is -0.122. The van der Waals surface area contributed by atoms with Gasteiger partial charge in [-0.1, -0.05) is 81.3 Å². The van der Waals surface area contributed by atoms with Crippen LogP contribution in [0.3, 0.4) is 0 Å². The zero-order valence-electron chi connectivity index (χ0n) is 20.5. The normalized spacial score (nSPS) is 23.1. The minimum absolute atomic E-state index is 0.122. The lowest BCUT2D eigenvalue weighted by Gasteiger charge is -2.28. The van der Waals surface area contributed by atoms with Crippen LogP contribution >= 0.6 is 0 Å². The molecule has 0 aliphatic heterocycles. The molecule has 2 aromatic rings. The van der Waals surface area contributed by atoms with Crippen molar-refractivity contribution < 1.29 is 9.53 Å². The molecule has 0 spiro atoms. The SMILES string of the molecule is CCCOC(=O)C1=CCC(c2ccc(-c3ccc([C@H]4CC[C@H](CCC)CC4)cc3)cc2)CC1. The molecule has 176 valence electrons. The number of ether oxygens (including phenoxy) is 1. The van der Waals surface area contributed by atoms with Crippen molar-refractivity contribution in [3.8, 4) is 11.1 Å². The summed E-state index contributed by atoms with van der Waals surface area (Å²) in [5.41, 5.74) is 6.33. The van der Waals surface area contributed by atoms with Crippen LogP contribution in [0.25, 0.3) is 11.1 Å².